The Bertz CT molecular complexity index is 1280. The molecule has 1 N–H and O–H groups in total. The third-order valence-corrected chi connectivity index (χ3v) is 6.45. The molecule has 4 bridgehead atoms. The van der Waals surface area contributed by atoms with Gasteiger partial charge in [-0.05, 0) is 29.8 Å². The zero-order valence-corrected chi connectivity index (χ0v) is 18.4. The van der Waals surface area contributed by atoms with Crippen LogP contribution in [0.25, 0.3) is 11.1 Å². The molecule has 0 spiro atoms. The number of rotatable bonds is 1. The summed E-state index contributed by atoms with van der Waals surface area (Å²) in [6.45, 7) is 0.378. The van der Waals surface area contributed by atoms with Crippen LogP contribution in [0.15, 0.2) is 53.4 Å². The van der Waals surface area contributed by atoms with Gasteiger partial charge in [-0.15, -0.1) is 0 Å². The van der Waals surface area contributed by atoms with Crippen molar-refractivity contribution in [2.45, 2.75) is 11.5 Å². The molecule has 0 amide bonds. The smallest absolute Gasteiger partial charge is 0.265 e. The summed E-state index contributed by atoms with van der Waals surface area (Å²) in [5.74, 6) is -1.72. The first-order chi connectivity index (χ1) is 15.3. The second kappa shape index (κ2) is 8.93. The minimum atomic E-state index is -4.36. The second-order valence-electron chi connectivity index (χ2n) is 6.92. The zero-order valence-electron chi connectivity index (χ0n) is 16.8. The van der Waals surface area contributed by atoms with Gasteiger partial charge in [0.25, 0.3) is 10.0 Å². The molecule has 6 nitrogen and oxygen atoms in total. The molecular formula is C22H18ClF2NO5S. The molecule has 0 radical (unpaired) electrons. The first kappa shape index (κ1) is 22.3. The predicted octanol–water partition coefficient (Wildman–Crippen LogP) is 5.00. The van der Waals surface area contributed by atoms with Crippen LogP contribution in [0.3, 0.4) is 0 Å². The third kappa shape index (κ3) is 4.36. The lowest BCUT2D eigenvalue weighted by atomic mass is 10.0. The molecule has 0 aromatic heterocycles. The number of nitrogens with one attached hydrogen (secondary N) is 1. The zero-order chi connectivity index (χ0) is 22.9. The van der Waals surface area contributed by atoms with E-state index in [9.17, 15) is 17.2 Å². The summed E-state index contributed by atoms with van der Waals surface area (Å²) in [5, 5.41) is 0.0437. The number of fused-ring (bicyclic) bond motifs is 6. The Morgan fingerprint density at radius 2 is 1.81 bits per heavy atom. The Morgan fingerprint density at radius 1 is 1.03 bits per heavy atom. The van der Waals surface area contributed by atoms with Crippen molar-refractivity contribution in [3.63, 3.8) is 0 Å². The Kier molecular flexibility index (Phi) is 6.23. The number of para-hydroxylation sites is 1. The van der Waals surface area contributed by atoms with E-state index in [1.165, 1.54) is 19.2 Å². The van der Waals surface area contributed by atoms with Crippen LogP contribution in [0, 0.1) is 11.6 Å². The number of sulfonamides is 1. The molecule has 168 valence electrons. The third-order valence-electron chi connectivity index (χ3n) is 4.80. The van der Waals surface area contributed by atoms with Crippen molar-refractivity contribution in [2.75, 3.05) is 25.0 Å². The number of anilines is 1. The van der Waals surface area contributed by atoms with E-state index in [1.54, 1.807) is 24.3 Å². The van der Waals surface area contributed by atoms with Crippen LogP contribution in [0.1, 0.15) is 5.56 Å². The highest BCUT2D eigenvalue weighted by Gasteiger charge is 2.26. The summed E-state index contributed by atoms with van der Waals surface area (Å²) >= 11 is 6.21. The van der Waals surface area contributed by atoms with Crippen LogP contribution in [-0.2, 0) is 21.4 Å². The number of hydrogen-bond donors (Lipinski definition) is 1. The molecule has 0 unspecified atom stereocenters. The van der Waals surface area contributed by atoms with E-state index in [0.29, 0.717) is 22.9 Å². The maximum absolute atomic E-state index is 14.7. The van der Waals surface area contributed by atoms with Gasteiger partial charge in [-0.25, -0.2) is 17.2 Å². The number of ether oxygens (including phenoxy) is 3. The van der Waals surface area contributed by atoms with Crippen LogP contribution in [0.4, 0.5) is 14.5 Å². The van der Waals surface area contributed by atoms with Crippen molar-refractivity contribution in [3.05, 3.63) is 70.8 Å². The number of hydrogen-bond acceptors (Lipinski definition) is 5. The van der Waals surface area contributed by atoms with Crippen LogP contribution in [0.5, 0.6) is 11.5 Å². The molecule has 0 fully saturated rings. The Hall–Kier alpha value is -2.88. The van der Waals surface area contributed by atoms with Gasteiger partial charge < -0.3 is 14.2 Å². The predicted molar refractivity (Wildman–Crippen MR) is 116 cm³/mol. The molecule has 32 heavy (non-hydrogen) atoms. The van der Waals surface area contributed by atoms with Crippen molar-refractivity contribution in [3.8, 4) is 22.6 Å². The van der Waals surface area contributed by atoms with Gasteiger partial charge in [0.2, 0.25) is 0 Å². The van der Waals surface area contributed by atoms with Crippen LogP contribution < -0.4 is 14.2 Å². The fraction of sp³-hybridized carbons (Fsp3) is 0.182. The van der Waals surface area contributed by atoms with Gasteiger partial charge in [-0.2, -0.15) is 0 Å². The van der Waals surface area contributed by atoms with Crippen molar-refractivity contribution < 1.29 is 31.4 Å². The average Bonchev–Trinajstić information content (AvgIpc) is 2.75. The first-order valence-electron chi connectivity index (χ1n) is 9.48. The van der Waals surface area contributed by atoms with E-state index in [1.807, 2.05) is 0 Å². The lowest BCUT2D eigenvalue weighted by Gasteiger charge is -2.16. The van der Waals surface area contributed by atoms with Gasteiger partial charge in [0.05, 0.1) is 31.0 Å². The second-order valence-corrected chi connectivity index (χ2v) is 8.98. The molecule has 1 aliphatic heterocycles. The Morgan fingerprint density at radius 3 is 2.59 bits per heavy atom. The van der Waals surface area contributed by atoms with Crippen molar-refractivity contribution in [2.24, 2.45) is 0 Å². The van der Waals surface area contributed by atoms with E-state index in [0.717, 1.165) is 6.07 Å². The van der Waals surface area contributed by atoms with Crippen LogP contribution in [0.2, 0.25) is 5.02 Å². The summed E-state index contributed by atoms with van der Waals surface area (Å²) in [6, 6.07) is 11.1. The van der Waals surface area contributed by atoms with E-state index < -0.39 is 27.3 Å². The standard InChI is InChI=1S/C22H18ClF2NO5S/c1-29-22-16(23)8-13-9-21(22)32(27,28)26-19-10-15(17(24)11-18(19)25)14-4-2-3-5-20(14)31-7-6-30-12-13/h2-5,8-11,26H,6-7,12H2,1H3. The Balaban J connectivity index is 1.91. The molecule has 4 rings (SSSR count). The molecule has 1 aliphatic rings. The van der Waals surface area contributed by atoms with Gasteiger partial charge in [-0.1, -0.05) is 29.8 Å². The van der Waals surface area contributed by atoms with E-state index in [4.69, 9.17) is 25.8 Å². The molecule has 3 aromatic carbocycles. The van der Waals surface area contributed by atoms with Crippen LogP contribution >= 0.6 is 11.6 Å². The van der Waals surface area contributed by atoms with Crippen molar-refractivity contribution in [1.29, 1.82) is 0 Å². The lowest BCUT2D eigenvalue weighted by molar-refractivity contribution is 0.0889. The van der Waals surface area contributed by atoms with Gasteiger partial charge >= 0.3 is 0 Å². The summed E-state index contributed by atoms with van der Waals surface area (Å²) in [6.07, 6.45) is 0. The van der Waals surface area contributed by atoms with Crippen molar-refractivity contribution >= 4 is 27.3 Å². The van der Waals surface area contributed by atoms with E-state index in [2.05, 4.69) is 4.72 Å². The maximum Gasteiger partial charge on any atom is 0.265 e. The molecular weight excluding hydrogens is 464 g/mol. The van der Waals surface area contributed by atoms with E-state index >= 15 is 0 Å². The highest BCUT2D eigenvalue weighted by molar-refractivity contribution is 7.92. The summed E-state index contributed by atoms with van der Waals surface area (Å²) < 4.78 is 74.2. The molecule has 0 saturated carbocycles. The Labute approximate surface area is 188 Å². The van der Waals surface area contributed by atoms with Crippen LogP contribution in [-0.4, -0.2) is 28.7 Å². The minimum absolute atomic E-state index is 0.0331. The molecule has 1 heterocycles. The first-order valence-corrected chi connectivity index (χ1v) is 11.3. The molecule has 0 aliphatic carbocycles. The van der Waals surface area contributed by atoms with Gasteiger partial charge in [0, 0.05) is 17.2 Å². The number of benzene rings is 3. The van der Waals surface area contributed by atoms with Gasteiger partial charge in [0.15, 0.2) is 5.75 Å². The highest BCUT2D eigenvalue weighted by atomic mass is 35.5. The highest BCUT2D eigenvalue weighted by Crippen LogP contribution is 2.38. The number of methoxy groups -OCH3 is 1. The van der Waals surface area contributed by atoms with Gasteiger partial charge in [-0.3, -0.25) is 4.72 Å². The summed E-state index contributed by atoms with van der Waals surface area (Å²) in [4.78, 5) is -0.303. The largest absolute Gasteiger partial charge is 0.494 e. The monoisotopic (exact) mass is 481 g/mol. The molecule has 3 aromatic rings. The fourth-order valence-electron chi connectivity index (χ4n) is 3.35. The summed E-state index contributed by atoms with van der Waals surface area (Å²) in [7, 11) is -3.10. The normalized spacial score (nSPS) is 15.4. The van der Waals surface area contributed by atoms with Gasteiger partial charge in [0.1, 0.15) is 28.9 Å². The molecule has 0 atom stereocenters. The quantitative estimate of drug-likeness (QED) is 0.529. The molecule has 10 heteroatoms. The average molecular weight is 482 g/mol. The van der Waals surface area contributed by atoms with Crippen molar-refractivity contribution in [1.82, 2.24) is 0 Å². The minimum Gasteiger partial charge on any atom is -0.494 e. The summed E-state index contributed by atoms with van der Waals surface area (Å²) in [5.41, 5.74) is 0.327. The SMILES string of the molecule is COc1c(Cl)cc2cc1S(=O)(=O)Nc1cc(c(F)cc1F)-c1ccccc1OCCOC2. The maximum atomic E-state index is 14.7. The lowest BCUT2D eigenvalue weighted by Crippen LogP contribution is -2.16. The number of halogens is 3. The fourth-order valence-corrected chi connectivity index (χ4v) is 5.03. The van der Waals surface area contributed by atoms with E-state index in [-0.39, 0.29) is 41.1 Å². The topological polar surface area (TPSA) is 73.9 Å². The molecule has 0 saturated heterocycles.